The van der Waals surface area contributed by atoms with Gasteiger partial charge in [0.1, 0.15) is 28.5 Å². The van der Waals surface area contributed by atoms with Gasteiger partial charge >= 0.3 is 0 Å². The summed E-state index contributed by atoms with van der Waals surface area (Å²) >= 11 is 0. The van der Waals surface area contributed by atoms with Crippen molar-refractivity contribution >= 4 is 32.7 Å². The van der Waals surface area contributed by atoms with Crippen LogP contribution in [0.2, 0.25) is 0 Å². The minimum atomic E-state index is -3.75. The Balaban J connectivity index is 1.47. The van der Waals surface area contributed by atoms with Gasteiger partial charge in [0.05, 0.1) is 10.9 Å². The molecule has 31 heavy (non-hydrogen) atoms. The second kappa shape index (κ2) is 7.83. The Kier molecular flexibility index (Phi) is 5.33. The number of H-pyrrole nitrogens is 1. The predicted octanol–water partition coefficient (Wildman–Crippen LogP) is 1.76. The first-order chi connectivity index (χ1) is 14.7. The Morgan fingerprint density at radius 3 is 2.81 bits per heavy atom. The molecule has 1 fully saturated rings. The number of nitrogens with zero attached hydrogens (tertiary/aromatic N) is 5. The smallest absolute Gasteiger partial charge is 0.243 e. The highest BCUT2D eigenvalue weighted by atomic mass is 32.2. The van der Waals surface area contributed by atoms with Gasteiger partial charge < -0.3 is 14.8 Å². The third kappa shape index (κ3) is 4.19. The Bertz CT molecular complexity index is 1230. The summed E-state index contributed by atoms with van der Waals surface area (Å²) in [6, 6.07) is 5.47. The molecule has 0 amide bonds. The second-order valence-electron chi connectivity index (χ2n) is 8.16. The molecule has 0 aliphatic carbocycles. The van der Waals surface area contributed by atoms with E-state index in [2.05, 4.69) is 40.4 Å². The number of terminal acetylenes is 1. The summed E-state index contributed by atoms with van der Waals surface area (Å²) < 4.78 is 27.6. The number of anilines is 2. The van der Waals surface area contributed by atoms with Crippen LogP contribution in [0.25, 0.3) is 11.0 Å². The highest BCUT2D eigenvalue weighted by Gasteiger charge is 2.29. The lowest BCUT2D eigenvalue weighted by Gasteiger charge is -2.26. The molecule has 162 valence electrons. The first-order valence-electron chi connectivity index (χ1n) is 9.94. The second-order valence-corrected chi connectivity index (χ2v) is 9.85. The lowest BCUT2D eigenvalue weighted by atomic mass is 10.1. The van der Waals surface area contributed by atoms with Gasteiger partial charge in [-0.1, -0.05) is 5.92 Å². The van der Waals surface area contributed by atoms with Crippen molar-refractivity contribution in [1.82, 2.24) is 24.7 Å². The van der Waals surface area contributed by atoms with Crippen molar-refractivity contribution in [2.45, 2.75) is 36.7 Å². The summed E-state index contributed by atoms with van der Waals surface area (Å²) in [7, 11) is -1.78. The molecule has 1 aliphatic heterocycles. The molecule has 0 aromatic carbocycles. The van der Waals surface area contributed by atoms with Gasteiger partial charge in [0, 0.05) is 38.6 Å². The Labute approximate surface area is 182 Å². The lowest BCUT2D eigenvalue weighted by molar-refractivity contribution is 0.538. The van der Waals surface area contributed by atoms with E-state index in [1.54, 1.807) is 32.3 Å². The average molecular weight is 440 g/mol. The highest BCUT2D eigenvalue weighted by Crippen LogP contribution is 2.28. The van der Waals surface area contributed by atoms with Crippen molar-refractivity contribution in [3.8, 4) is 12.3 Å². The molecule has 2 N–H and O–H groups in total. The Hall–Kier alpha value is -3.16. The summed E-state index contributed by atoms with van der Waals surface area (Å²) in [6.07, 6.45) is 11.1. The summed E-state index contributed by atoms with van der Waals surface area (Å²) in [5.74, 6) is 4.05. The average Bonchev–Trinajstić information content (AvgIpc) is 3.42. The third-order valence-electron chi connectivity index (χ3n) is 5.49. The minimum absolute atomic E-state index is 0.0804. The first-order valence-corrected chi connectivity index (χ1v) is 11.4. The molecular formula is C21H25N7O2S. The van der Waals surface area contributed by atoms with E-state index in [-0.39, 0.29) is 10.9 Å². The zero-order chi connectivity index (χ0) is 22.2. The van der Waals surface area contributed by atoms with Gasteiger partial charge in [-0.2, -0.15) is 4.72 Å². The van der Waals surface area contributed by atoms with Crippen LogP contribution in [0.1, 0.15) is 20.3 Å². The number of pyridine rings is 1. The summed E-state index contributed by atoms with van der Waals surface area (Å²) in [4.78, 5) is 20.6. The van der Waals surface area contributed by atoms with Gasteiger partial charge in [0.2, 0.25) is 10.0 Å². The molecule has 0 radical (unpaired) electrons. The molecule has 3 aromatic rings. The van der Waals surface area contributed by atoms with E-state index >= 15 is 0 Å². The minimum Gasteiger partial charge on any atom is -0.355 e. The normalized spacial score (nSPS) is 17.1. The van der Waals surface area contributed by atoms with E-state index < -0.39 is 15.6 Å². The van der Waals surface area contributed by atoms with Gasteiger partial charge in [-0.25, -0.2) is 23.4 Å². The molecule has 1 aliphatic rings. The zero-order valence-electron chi connectivity index (χ0n) is 17.7. The maximum absolute atomic E-state index is 12.5. The number of likely N-dealkylation sites (N-methyl/N-ethyl adjacent to an activating group) is 1. The SMILES string of the molecule is C#CC(C)(C)NS(=O)(=O)c1ccc(N(C)[C@@H]2CCN(c3ncnc4[nH]ccc34)C2)nc1. The predicted molar refractivity (Wildman–Crippen MR) is 120 cm³/mol. The van der Waals surface area contributed by atoms with Crippen LogP contribution in [-0.2, 0) is 10.0 Å². The Morgan fingerprint density at radius 2 is 2.10 bits per heavy atom. The van der Waals surface area contributed by atoms with Crippen LogP contribution in [0.5, 0.6) is 0 Å². The van der Waals surface area contributed by atoms with Crippen molar-refractivity contribution in [2.75, 3.05) is 29.9 Å². The zero-order valence-corrected chi connectivity index (χ0v) is 18.5. The van der Waals surface area contributed by atoms with Crippen LogP contribution in [-0.4, -0.2) is 60.1 Å². The molecule has 1 atom stereocenters. The van der Waals surface area contributed by atoms with E-state index in [0.717, 1.165) is 36.4 Å². The third-order valence-corrected chi connectivity index (χ3v) is 7.13. The lowest BCUT2D eigenvalue weighted by Crippen LogP contribution is -2.42. The van der Waals surface area contributed by atoms with Gasteiger partial charge in [-0.15, -0.1) is 6.42 Å². The van der Waals surface area contributed by atoms with Crippen LogP contribution >= 0.6 is 0 Å². The van der Waals surface area contributed by atoms with Gasteiger partial charge in [0.15, 0.2) is 0 Å². The van der Waals surface area contributed by atoms with Crippen LogP contribution in [0.15, 0.2) is 41.8 Å². The number of hydrogen-bond donors (Lipinski definition) is 2. The maximum Gasteiger partial charge on any atom is 0.243 e. The van der Waals surface area contributed by atoms with E-state index in [0.29, 0.717) is 5.82 Å². The number of sulfonamides is 1. The van der Waals surface area contributed by atoms with Crippen LogP contribution < -0.4 is 14.5 Å². The summed E-state index contributed by atoms with van der Waals surface area (Å²) in [6.45, 7) is 4.91. The van der Waals surface area contributed by atoms with Gasteiger partial charge in [-0.05, 0) is 38.5 Å². The quantitative estimate of drug-likeness (QED) is 0.564. The fraction of sp³-hybridized carbons (Fsp3) is 0.381. The van der Waals surface area contributed by atoms with Crippen molar-refractivity contribution < 1.29 is 8.42 Å². The summed E-state index contributed by atoms with van der Waals surface area (Å²) in [5.41, 5.74) is -0.157. The molecule has 0 spiro atoms. The maximum atomic E-state index is 12.5. The molecular weight excluding hydrogens is 414 g/mol. The molecule has 9 nitrogen and oxygen atoms in total. The number of aromatic nitrogens is 4. The Morgan fingerprint density at radius 1 is 1.29 bits per heavy atom. The number of hydrogen-bond acceptors (Lipinski definition) is 7. The first kappa shape index (κ1) is 21.1. The number of aromatic amines is 1. The fourth-order valence-electron chi connectivity index (χ4n) is 3.71. The molecule has 10 heteroatoms. The van der Waals surface area contributed by atoms with Crippen molar-refractivity contribution in [3.63, 3.8) is 0 Å². The van der Waals surface area contributed by atoms with E-state index in [1.807, 2.05) is 19.3 Å². The molecule has 3 aromatic heterocycles. The number of rotatable bonds is 6. The largest absolute Gasteiger partial charge is 0.355 e. The fourth-order valence-corrected chi connectivity index (χ4v) is 5.00. The van der Waals surface area contributed by atoms with Gasteiger partial charge in [-0.3, -0.25) is 0 Å². The van der Waals surface area contributed by atoms with Crippen molar-refractivity contribution in [2.24, 2.45) is 0 Å². The van der Waals surface area contributed by atoms with Crippen LogP contribution in [0.3, 0.4) is 0 Å². The molecule has 4 heterocycles. The number of nitrogens with one attached hydrogen (secondary N) is 2. The van der Waals surface area contributed by atoms with E-state index in [4.69, 9.17) is 6.42 Å². The van der Waals surface area contributed by atoms with Crippen molar-refractivity contribution in [3.05, 3.63) is 36.9 Å². The molecule has 0 bridgehead atoms. The van der Waals surface area contributed by atoms with Crippen LogP contribution in [0, 0.1) is 12.3 Å². The topological polar surface area (TPSA) is 107 Å². The molecule has 4 rings (SSSR count). The highest BCUT2D eigenvalue weighted by molar-refractivity contribution is 7.89. The molecule has 0 unspecified atom stereocenters. The van der Waals surface area contributed by atoms with E-state index in [1.165, 1.54) is 6.20 Å². The van der Waals surface area contributed by atoms with Crippen LogP contribution in [0.4, 0.5) is 11.6 Å². The summed E-state index contributed by atoms with van der Waals surface area (Å²) in [5, 5.41) is 1.00. The number of fused-ring (bicyclic) bond motifs is 1. The standard InChI is InChI=1S/C21H25N7O2S/c1-5-21(2,3)26-31(29,30)16-6-7-18(23-12-16)27(4)15-9-11-28(13-15)20-17-8-10-22-19(17)24-14-25-20/h1,6-8,10,12,14-15,26H,9,11,13H2,2-4H3,(H,22,24,25)/t15-/m1/s1. The van der Waals surface area contributed by atoms with Gasteiger partial charge in [0.25, 0.3) is 0 Å². The van der Waals surface area contributed by atoms with E-state index in [9.17, 15) is 8.42 Å². The van der Waals surface area contributed by atoms with Crippen molar-refractivity contribution in [1.29, 1.82) is 0 Å². The molecule has 0 saturated carbocycles. The molecule has 1 saturated heterocycles. The monoisotopic (exact) mass is 439 g/mol.